The van der Waals surface area contributed by atoms with Gasteiger partial charge in [-0.1, -0.05) is 17.6 Å². The smallest absolute Gasteiger partial charge is 0.149 e. The highest BCUT2D eigenvalue weighted by molar-refractivity contribution is 7.83. The van der Waals surface area contributed by atoms with Crippen molar-refractivity contribution in [2.45, 2.75) is 44.1 Å². The first kappa shape index (κ1) is 9.62. The molecule has 0 amide bonds. The van der Waals surface area contributed by atoms with Crippen LogP contribution in [0.2, 0.25) is 0 Å². The molecular formula is C9H18NO2S+. The Morgan fingerprint density at radius 3 is 2.77 bits per heavy atom. The zero-order valence-electron chi connectivity index (χ0n) is 7.94. The van der Waals surface area contributed by atoms with Crippen LogP contribution in [0.3, 0.4) is 0 Å². The van der Waals surface area contributed by atoms with E-state index in [0.29, 0.717) is 17.1 Å². The molecule has 0 aromatic rings. The van der Waals surface area contributed by atoms with Crippen LogP contribution in [0, 0.1) is 11.8 Å². The monoisotopic (exact) mass is 204 g/mol. The fraction of sp³-hybridized carbons (Fsp3) is 1.00. The van der Waals surface area contributed by atoms with Gasteiger partial charge in [-0.15, -0.1) is 4.72 Å². The highest BCUT2D eigenvalue weighted by Gasteiger charge is 2.44. The summed E-state index contributed by atoms with van der Waals surface area (Å²) in [5, 5.41) is 9.99. The van der Waals surface area contributed by atoms with E-state index in [1.807, 2.05) is 0 Å². The number of thiol groups is 1. The van der Waals surface area contributed by atoms with E-state index in [2.05, 4.69) is 11.6 Å². The summed E-state index contributed by atoms with van der Waals surface area (Å²) in [5.74, 6) is 1.02. The van der Waals surface area contributed by atoms with Gasteiger partial charge in [-0.3, -0.25) is 0 Å². The Labute approximate surface area is 81.5 Å². The van der Waals surface area contributed by atoms with Gasteiger partial charge < -0.3 is 5.11 Å². The van der Waals surface area contributed by atoms with Gasteiger partial charge in [-0.25, -0.2) is 0 Å². The number of aliphatic hydroxyl groups is 1. The topological polar surface area (TPSA) is 49.3 Å². The van der Waals surface area contributed by atoms with E-state index >= 15 is 0 Å². The largest absolute Gasteiger partial charge is 0.374 e. The standard InChI is InChI=1S/C9H17NO2S/c1-2-6-5-8(6)9(11)10-13(12)7-3-4-7/h6-9,11H,2-5H2,1H3,(H,10,12)/p+1. The van der Waals surface area contributed by atoms with Gasteiger partial charge in [0.05, 0.1) is 0 Å². The Morgan fingerprint density at radius 2 is 2.31 bits per heavy atom. The van der Waals surface area contributed by atoms with Crippen LogP contribution in [0.5, 0.6) is 0 Å². The maximum Gasteiger partial charge on any atom is 0.149 e. The van der Waals surface area contributed by atoms with E-state index in [1.165, 1.54) is 0 Å². The summed E-state index contributed by atoms with van der Waals surface area (Å²) in [6.07, 6.45) is 3.84. The Balaban J connectivity index is 1.72. The van der Waals surface area contributed by atoms with Crippen molar-refractivity contribution in [2.24, 2.45) is 11.8 Å². The first-order chi connectivity index (χ1) is 6.22. The quantitative estimate of drug-likeness (QED) is 0.394. The number of aliphatic hydroxyl groups excluding tert-OH is 1. The van der Waals surface area contributed by atoms with Gasteiger partial charge in [0.15, 0.2) is 0 Å². The Hall–Kier alpha value is 0.0700. The Morgan fingerprint density at radius 1 is 1.62 bits per heavy atom. The third-order valence-electron chi connectivity index (χ3n) is 3.05. The molecule has 76 valence electrons. The molecule has 0 aromatic carbocycles. The van der Waals surface area contributed by atoms with Gasteiger partial charge in [-0.05, 0) is 12.3 Å². The van der Waals surface area contributed by atoms with Crippen LogP contribution >= 0.6 is 0 Å². The maximum absolute atomic E-state index is 11.4. The normalized spacial score (nSPS) is 37.1. The molecule has 13 heavy (non-hydrogen) atoms. The lowest BCUT2D eigenvalue weighted by molar-refractivity contribution is 0.135. The maximum atomic E-state index is 11.4. The number of nitrogens with one attached hydrogen (secondary N) is 1. The van der Waals surface area contributed by atoms with Crippen molar-refractivity contribution in [1.29, 1.82) is 0 Å². The molecular weight excluding hydrogens is 186 g/mol. The summed E-state index contributed by atoms with van der Waals surface area (Å²) in [5.41, 5.74) is 0. The summed E-state index contributed by atoms with van der Waals surface area (Å²) in [6, 6.07) is 0. The molecule has 0 radical (unpaired) electrons. The SMILES string of the molecule is CCC1CC1C(O)N[SH+](=O)C1CC1. The second kappa shape index (κ2) is 3.67. The third kappa shape index (κ3) is 2.30. The van der Waals surface area contributed by atoms with E-state index in [0.717, 1.165) is 25.7 Å². The van der Waals surface area contributed by atoms with Crippen molar-refractivity contribution < 1.29 is 9.32 Å². The zero-order valence-corrected chi connectivity index (χ0v) is 8.83. The highest BCUT2D eigenvalue weighted by Crippen LogP contribution is 2.43. The van der Waals surface area contributed by atoms with Crippen LogP contribution in [-0.2, 0) is 15.2 Å². The molecule has 2 fully saturated rings. The fourth-order valence-electron chi connectivity index (χ4n) is 1.77. The highest BCUT2D eigenvalue weighted by atomic mass is 32.2. The molecule has 0 saturated heterocycles. The molecule has 4 atom stereocenters. The lowest BCUT2D eigenvalue weighted by Crippen LogP contribution is -2.34. The minimum absolute atomic E-state index is 0.350. The van der Waals surface area contributed by atoms with Gasteiger partial charge in [-0.2, -0.15) is 0 Å². The molecule has 4 unspecified atom stereocenters. The van der Waals surface area contributed by atoms with E-state index in [9.17, 15) is 9.32 Å². The molecule has 0 spiro atoms. The van der Waals surface area contributed by atoms with E-state index in [1.54, 1.807) is 0 Å². The predicted octanol–water partition coefficient (Wildman–Crippen LogP) is 0.714. The first-order valence-corrected chi connectivity index (χ1v) is 6.46. The van der Waals surface area contributed by atoms with E-state index in [4.69, 9.17) is 0 Å². The molecule has 2 aliphatic carbocycles. The molecule has 0 bridgehead atoms. The summed E-state index contributed by atoms with van der Waals surface area (Å²) >= 11 is 0. The van der Waals surface area contributed by atoms with Crippen molar-refractivity contribution in [1.82, 2.24) is 4.72 Å². The van der Waals surface area contributed by atoms with Crippen molar-refractivity contribution in [3.63, 3.8) is 0 Å². The third-order valence-corrected chi connectivity index (χ3v) is 4.74. The second-order valence-electron chi connectivity index (χ2n) is 4.20. The first-order valence-electron chi connectivity index (χ1n) is 5.13. The number of hydrogen-bond acceptors (Lipinski definition) is 2. The van der Waals surface area contributed by atoms with Crippen LogP contribution in [0.15, 0.2) is 0 Å². The molecule has 2 aliphatic rings. The molecule has 0 aromatic heterocycles. The van der Waals surface area contributed by atoms with Gasteiger partial charge in [0.1, 0.15) is 22.5 Å². The lowest BCUT2D eigenvalue weighted by Gasteiger charge is -2.06. The molecule has 0 heterocycles. The van der Waals surface area contributed by atoms with Crippen molar-refractivity contribution in [3.8, 4) is 0 Å². The number of hydrogen-bond donors (Lipinski definition) is 2. The van der Waals surface area contributed by atoms with Crippen LogP contribution in [0.25, 0.3) is 0 Å². The van der Waals surface area contributed by atoms with E-state index < -0.39 is 17.2 Å². The average Bonchev–Trinajstić information content (AvgIpc) is 2.98. The zero-order chi connectivity index (χ0) is 9.42. The van der Waals surface area contributed by atoms with Crippen molar-refractivity contribution >= 4 is 11.0 Å². The summed E-state index contributed by atoms with van der Waals surface area (Å²) in [6.45, 7) is 2.14. The Kier molecular flexibility index (Phi) is 2.72. The van der Waals surface area contributed by atoms with Gasteiger partial charge in [0.25, 0.3) is 0 Å². The number of rotatable bonds is 5. The van der Waals surface area contributed by atoms with Crippen LogP contribution in [0.4, 0.5) is 0 Å². The molecule has 2 N–H and O–H groups in total. The average molecular weight is 204 g/mol. The summed E-state index contributed by atoms with van der Waals surface area (Å²) in [7, 11) is -1.33. The molecule has 0 aliphatic heterocycles. The minimum atomic E-state index is -1.33. The molecule has 3 nitrogen and oxygen atoms in total. The Bertz CT molecular complexity index is 218. The van der Waals surface area contributed by atoms with Gasteiger partial charge in [0, 0.05) is 18.8 Å². The van der Waals surface area contributed by atoms with Crippen LogP contribution in [-0.4, -0.2) is 16.6 Å². The van der Waals surface area contributed by atoms with Gasteiger partial charge in [0.2, 0.25) is 0 Å². The van der Waals surface area contributed by atoms with Gasteiger partial charge >= 0.3 is 0 Å². The van der Waals surface area contributed by atoms with E-state index in [-0.39, 0.29) is 0 Å². The molecule has 2 rings (SSSR count). The van der Waals surface area contributed by atoms with Crippen molar-refractivity contribution in [2.75, 3.05) is 0 Å². The molecule has 4 heteroatoms. The van der Waals surface area contributed by atoms with Crippen LogP contribution < -0.4 is 4.72 Å². The molecule has 2 saturated carbocycles. The minimum Gasteiger partial charge on any atom is -0.374 e. The second-order valence-corrected chi connectivity index (χ2v) is 5.84. The van der Waals surface area contributed by atoms with Crippen LogP contribution in [0.1, 0.15) is 32.6 Å². The summed E-state index contributed by atoms with van der Waals surface area (Å²) in [4.78, 5) is 0. The summed E-state index contributed by atoms with van der Waals surface area (Å²) < 4.78 is 14.3. The van der Waals surface area contributed by atoms with Crippen molar-refractivity contribution in [3.05, 3.63) is 0 Å². The lowest BCUT2D eigenvalue weighted by atomic mass is 10.2. The predicted molar refractivity (Wildman–Crippen MR) is 53.5 cm³/mol. The fourth-order valence-corrected chi connectivity index (χ4v) is 3.05.